The molecule has 2 amide bonds. The van der Waals surface area contributed by atoms with E-state index in [1.54, 1.807) is 36.4 Å². The van der Waals surface area contributed by atoms with E-state index < -0.39 is 15.9 Å². The van der Waals surface area contributed by atoms with Crippen LogP contribution >= 0.6 is 11.6 Å². The van der Waals surface area contributed by atoms with Gasteiger partial charge in [0.1, 0.15) is 0 Å². The van der Waals surface area contributed by atoms with Crippen molar-refractivity contribution >= 4 is 56.4 Å². The third kappa shape index (κ3) is 6.05. The van der Waals surface area contributed by atoms with Crippen LogP contribution in [0.1, 0.15) is 18.9 Å². The number of hydrogen-bond acceptors (Lipinski definition) is 8. The van der Waals surface area contributed by atoms with Crippen molar-refractivity contribution < 1.29 is 13.2 Å². The van der Waals surface area contributed by atoms with Gasteiger partial charge in [0.25, 0.3) is 0 Å². The summed E-state index contributed by atoms with van der Waals surface area (Å²) >= 11 is 6.04. The Labute approximate surface area is 190 Å². The number of aromatic nitrogens is 3. The van der Waals surface area contributed by atoms with Crippen LogP contribution in [0.4, 0.5) is 33.8 Å². The Hall–Kier alpha value is -3.44. The normalized spacial score (nSPS) is 11.1. The van der Waals surface area contributed by atoms with E-state index in [1.165, 1.54) is 6.07 Å². The van der Waals surface area contributed by atoms with E-state index in [0.29, 0.717) is 23.5 Å². The van der Waals surface area contributed by atoms with Crippen LogP contribution in [0.2, 0.25) is 5.28 Å². The molecule has 12 heteroatoms. The molecule has 0 fully saturated rings. The third-order valence-electron chi connectivity index (χ3n) is 4.28. The number of hydrogen-bond donors (Lipinski definition) is 4. The second-order valence-corrected chi connectivity index (χ2v) is 9.31. The molecule has 1 heterocycles. The summed E-state index contributed by atoms with van der Waals surface area (Å²) in [4.78, 5) is 23.7. The first-order chi connectivity index (χ1) is 15.2. The molecule has 0 unspecified atom stereocenters. The lowest BCUT2D eigenvalue weighted by Gasteiger charge is -2.12. The molecule has 0 aliphatic heterocycles. The summed E-state index contributed by atoms with van der Waals surface area (Å²) in [6.45, 7) is 3.63. The van der Waals surface area contributed by atoms with E-state index in [1.807, 2.05) is 13.8 Å². The van der Waals surface area contributed by atoms with Gasteiger partial charge in [0, 0.05) is 17.1 Å². The Bertz CT molecular complexity index is 1250. The summed E-state index contributed by atoms with van der Waals surface area (Å²) in [5.74, 6) is 0.335. The van der Waals surface area contributed by atoms with E-state index >= 15 is 0 Å². The van der Waals surface area contributed by atoms with Crippen LogP contribution in [-0.2, 0) is 9.84 Å². The Kier molecular flexibility index (Phi) is 7.11. The molecule has 168 valence electrons. The molecule has 3 rings (SSSR count). The minimum Gasteiger partial charge on any atom is -0.351 e. The van der Waals surface area contributed by atoms with E-state index in [9.17, 15) is 13.2 Å². The van der Waals surface area contributed by atoms with Gasteiger partial charge in [-0.3, -0.25) is 0 Å². The number of amides is 2. The molecule has 1 aromatic heterocycles. The minimum atomic E-state index is -3.37. The molecular formula is C20H22ClN7O3S. The SMILES string of the molecule is CCCS(=O)(=O)c1cccc(Nc2nc(Cl)nc(Nc3ccc(C)c(NC(N)=O)c3)n2)c1. The van der Waals surface area contributed by atoms with Crippen molar-refractivity contribution in [1.29, 1.82) is 0 Å². The summed E-state index contributed by atoms with van der Waals surface area (Å²) in [5.41, 5.74) is 7.62. The van der Waals surface area contributed by atoms with Crippen LogP contribution in [0.3, 0.4) is 0 Å². The maximum atomic E-state index is 12.3. The molecule has 2 aromatic carbocycles. The highest BCUT2D eigenvalue weighted by Crippen LogP contribution is 2.24. The Balaban J connectivity index is 1.84. The number of nitrogens with zero attached hydrogens (tertiary/aromatic N) is 3. The van der Waals surface area contributed by atoms with E-state index in [-0.39, 0.29) is 27.8 Å². The van der Waals surface area contributed by atoms with E-state index in [2.05, 4.69) is 30.9 Å². The standard InChI is InChI=1S/C20H22ClN7O3S/c1-3-9-32(30,31)15-6-4-5-13(10-15)23-19-26-17(21)27-20(28-19)24-14-8-7-12(2)16(11-14)25-18(22)29/h4-8,10-11H,3,9H2,1-2H3,(H3,22,25,29)(H2,23,24,26,27,28). The van der Waals surface area contributed by atoms with Gasteiger partial charge in [-0.2, -0.15) is 15.0 Å². The van der Waals surface area contributed by atoms with Gasteiger partial charge in [-0.15, -0.1) is 0 Å². The second-order valence-electron chi connectivity index (χ2n) is 6.87. The molecule has 3 aromatic rings. The molecule has 10 nitrogen and oxygen atoms in total. The molecule has 0 atom stereocenters. The largest absolute Gasteiger partial charge is 0.351 e. The molecule has 0 radical (unpaired) electrons. The number of carbonyl (C=O) groups is 1. The van der Waals surface area contributed by atoms with Gasteiger partial charge >= 0.3 is 6.03 Å². The van der Waals surface area contributed by atoms with Crippen LogP contribution in [0.15, 0.2) is 47.4 Å². The van der Waals surface area contributed by atoms with Gasteiger partial charge in [-0.25, -0.2) is 13.2 Å². The van der Waals surface area contributed by atoms with Crippen LogP contribution in [0.25, 0.3) is 0 Å². The number of anilines is 5. The Morgan fingerprint density at radius 1 is 1.03 bits per heavy atom. The van der Waals surface area contributed by atoms with Gasteiger partial charge < -0.3 is 21.7 Å². The number of rotatable bonds is 8. The zero-order valence-corrected chi connectivity index (χ0v) is 19.0. The maximum absolute atomic E-state index is 12.3. The van der Waals surface area contributed by atoms with Crippen molar-refractivity contribution in [3.05, 3.63) is 53.3 Å². The van der Waals surface area contributed by atoms with Crippen LogP contribution in [0, 0.1) is 6.92 Å². The van der Waals surface area contributed by atoms with Gasteiger partial charge in [0.05, 0.1) is 10.6 Å². The number of sulfone groups is 1. The molecule has 0 spiro atoms. The fourth-order valence-corrected chi connectivity index (χ4v) is 4.37. The number of primary amides is 1. The average molecular weight is 476 g/mol. The van der Waals surface area contributed by atoms with Crippen molar-refractivity contribution in [2.24, 2.45) is 5.73 Å². The van der Waals surface area contributed by atoms with Gasteiger partial charge in [0.2, 0.25) is 17.2 Å². The minimum absolute atomic E-state index is 0.0608. The Morgan fingerprint density at radius 2 is 1.69 bits per heavy atom. The molecule has 0 saturated heterocycles. The van der Waals surface area contributed by atoms with Crippen LogP contribution in [0.5, 0.6) is 0 Å². The van der Waals surface area contributed by atoms with Crippen LogP contribution in [-0.4, -0.2) is 35.2 Å². The lowest BCUT2D eigenvalue weighted by molar-refractivity contribution is 0.259. The number of urea groups is 1. The van der Waals surface area contributed by atoms with Gasteiger partial charge in [-0.1, -0.05) is 19.1 Å². The number of nitrogens with two attached hydrogens (primary N) is 1. The highest BCUT2D eigenvalue weighted by atomic mass is 35.5. The number of aryl methyl sites for hydroxylation is 1. The van der Waals surface area contributed by atoms with E-state index in [0.717, 1.165) is 5.56 Å². The Morgan fingerprint density at radius 3 is 2.31 bits per heavy atom. The average Bonchev–Trinajstić information content (AvgIpc) is 2.70. The van der Waals surface area contributed by atoms with Crippen molar-refractivity contribution in [3.8, 4) is 0 Å². The fourth-order valence-electron chi connectivity index (χ4n) is 2.84. The third-order valence-corrected chi connectivity index (χ3v) is 6.37. The first-order valence-electron chi connectivity index (χ1n) is 9.62. The molecule has 0 aliphatic carbocycles. The number of nitrogens with one attached hydrogen (secondary N) is 3. The van der Waals surface area contributed by atoms with Crippen molar-refractivity contribution in [1.82, 2.24) is 15.0 Å². The van der Waals surface area contributed by atoms with Crippen molar-refractivity contribution in [2.45, 2.75) is 25.2 Å². The predicted molar refractivity (Wildman–Crippen MR) is 125 cm³/mol. The first kappa shape index (κ1) is 23.2. The smallest absolute Gasteiger partial charge is 0.316 e. The zero-order chi connectivity index (χ0) is 23.3. The summed E-state index contributed by atoms with van der Waals surface area (Å²) in [7, 11) is -3.37. The number of carbonyl (C=O) groups excluding carboxylic acids is 1. The summed E-state index contributed by atoms with van der Waals surface area (Å²) < 4.78 is 24.7. The highest BCUT2D eigenvalue weighted by molar-refractivity contribution is 7.91. The first-order valence-corrected chi connectivity index (χ1v) is 11.6. The summed E-state index contributed by atoms with van der Waals surface area (Å²) in [5, 5.41) is 8.41. The van der Waals surface area contributed by atoms with Gasteiger partial charge in [0.15, 0.2) is 9.84 Å². The zero-order valence-electron chi connectivity index (χ0n) is 17.4. The monoisotopic (exact) mass is 475 g/mol. The lowest BCUT2D eigenvalue weighted by atomic mass is 10.2. The predicted octanol–water partition coefficient (Wildman–Crippen LogP) is 3.99. The summed E-state index contributed by atoms with van der Waals surface area (Å²) in [6, 6.07) is 10.9. The molecule has 32 heavy (non-hydrogen) atoms. The lowest BCUT2D eigenvalue weighted by Crippen LogP contribution is -2.19. The molecule has 0 bridgehead atoms. The fraction of sp³-hybridized carbons (Fsp3) is 0.200. The summed E-state index contributed by atoms with van der Waals surface area (Å²) in [6.07, 6.45) is 0.522. The van der Waals surface area contributed by atoms with Crippen LogP contribution < -0.4 is 21.7 Å². The van der Waals surface area contributed by atoms with Crippen molar-refractivity contribution in [3.63, 3.8) is 0 Å². The van der Waals surface area contributed by atoms with Crippen molar-refractivity contribution in [2.75, 3.05) is 21.7 Å². The molecular weight excluding hydrogens is 454 g/mol. The quantitative estimate of drug-likeness (QED) is 0.381. The molecule has 0 aliphatic rings. The van der Waals surface area contributed by atoms with E-state index in [4.69, 9.17) is 17.3 Å². The van der Waals surface area contributed by atoms with Gasteiger partial charge in [-0.05, 0) is 60.8 Å². The molecule has 5 N–H and O–H groups in total. The number of halogens is 1. The second kappa shape index (κ2) is 9.79. The number of benzene rings is 2. The highest BCUT2D eigenvalue weighted by Gasteiger charge is 2.14. The molecule has 0 saturated carbocycles. The maximum Gasteiger partial charge on any atom is 0.316 e. The topological polar surface area (TPSA) is 152 Å².